The van der Waals surface area contributed by atoms with Crippen LogP contribution in [0.5, 0.6) is 0 Å². The summed E-state index contributed by atoms with van der Waals surface area (Å²) < 4.78 is 5.42. The summed E-state index contributed by atoms with van der Waals surface area (Å²) in [6.07, 6.45) is 1.14. The molecule has 6 heteroatoms. The third kappa shape index (κ3) is 3.90. The van der Waals surface area contributed by atoms with E-state index in [4.69, 9.17) is 4.74 Å². The Morgan fingerprint density at radius 1 is 1.09 bits per heavy atom. The summed E-state index contributed by atoms with van der Waals surface area (Å²) in [7, 11) is 2.11. The highest BCUT2D eigenvalue weighted by atomic mass is 16.6. The Morgan fingerprint density at radius 3 is 2.09 bits per heavy atom. The van der Waals surface area contributed by atoms with E-state index in [-0.39, 0.29) is 6.09 Å². The molecular weight excluding hydrogens is 280 g/mol. The molecule has 0 aromatic carbocycles. The Balaban J connectivity index is 1.94. The van der Waals surface area contributed by atoms with Gasteiger partial charge < -0.3 is 14.5 Å². The minimum atomic E-state index is -0.474. The average molecular weight is 308 g/mol. The first-order valence-corrected chi connectivity index (χ1v) is 8.08. The summed E-state index contributed by atoms with van der Waals surface area (Å²) in [5.74, 6) is 0. The van der Waals surface area contributed by atoms with E-state index in [0.717, 1.165) is 26.2 Å². The maximum absolute atomic E-state index is 12.1. The zero-order chi connectivity index (χ0) is 16.4. The van der Waals surface area contributed by atoms with Crippen LogP contribution >= 0.6 is 0 Å². The van der Waals surface area contributed by atoms with Gasteiger partial charge in [0.2, 0.25) is 0 Å². The van der Waals surface area contributed by atoms with Crippen molar-refractivity contribution in [2.75, 3.05) is 46.3 Å². The van der Waals surface area contributed by atoms with Crippen LogP contribution in [-0.4, -0.2) is 78.2 Å². The first-order valence-electron chi connectivity index (χ1n) is 8.08. The molecule has 0 aliphatic carbocycles. The van der Waals surface area contributed by atoms with E-state index in [1.54, 1.807) is 4.90 Å². The first kappa shape index (κ1) is 17.0. The maximum atomic E-state index is 12.1. The predicted molar refractivity (Wildman–Crippen MR) is 84.5 cm³/mol. The third-order valence-corrected chi connectivity index (χ3v) is 4.56. The molecule has 0 unspecified atom stereocenters. The van der Waals surface area contributed by atoms with Crippen LogP contribution in [-0.2, 0) is 4.74 Å². The molecular formula is C16H28N4O2. The highest BCUT2D eigenvalue weighted by Gasteiger charge is 2.42. The van der Waals surface area contributed by atoms with Gasteiger partial charge in [-0.15, -0.1) is 0 Å². The Bertz CT molecular complexity index is 436. The monoisotopic (exact) mass is 308 g/mol. The summed E-state index contributed by atoms with van der Waals surface area (Å²) in [5, 5.41) is 9.73. The molecule has 22 heavy (non-hydrogen) atoms. The van der Waals surface area contributed by atoms with E-state index in [1.165, 1.54) is 0 Å². The molecule has 0 radical (unpaired) electrons. The minimum absolute atomic E-state index is 0.266. The predicted octanol–water partition coefficient (Wildman–Crippen LogP) is 1.53. The summed E-state index contributed by atoms with van der Waals surface area (Å²) in [6, 6.07) is 2.54. The lowest BCUT2D eigenvalue weighted by atomic mass is 9.86. The fourth-order valence-corrected chi connectivity index (χ4v) is 3.12. The molecule has 2 heterocycles. The molecule has 0 bridgehead atoms. The number of ether oxygens (including phenoxy) is 1. The number of carbonyl (C=O) groups is 1. The van der Waals surface area contributed by atoms with Crippen LogP contribution in [0.15, 0.2) is 0 Å². The number of piperazine rings is 1. The largest absolute Gasteiger partial charge is 0.444 e. The smallest absolute Gasteiger partial charge is 0.410 e. The number of nitriles is 1. The second-order valence-electron chi connectivity index (χ2n) is 7.40. The van der Waals surface area contributed by atoms with E-state index < -0.39 is 11.1 Å². The van der Waals surface area contributed by atoms with Crippen LogP contribution < -0.4 is 0 Å². The molecule has 124 valence electrons. The molecule has 2 saturated heterocycles. The molecule has 2 aliphatic heterocycles. The summed E-state index contributed by atoms with van der Waals surface area (Å²) in [4.78, 5) is 18.5. The van der Waals surface area contributed by atoms with Gasteiger partial charge in [0.25, 0.3) is 0 Å². The normalized spacial score (nSPS) is 23.9. The Kier molecular flexibility index (Phi) is 4.98. The SMILES string of the molecule is CN1CCN(C2(C#N)CCN(C(=O)OC(C)(C)C)CC2)CC1. The van der Waals surface area contributed by atoms with Crippen LogP contribution in [0, 0.1) is 11.3 Å². The number of hydrogen-bond donors (Lipinski definition) is 0. The highest BCUT2D eigenvalue weighted by Crippen LogP contribution is 2.30. The van der Waals surface area contributed by atoms with Gasteiger partial charge in [0.1, 0.15) is 11.1 Å². The molecule has 0 saturated carbocycles. The highest BCUT2D eigenvalue weighted by molar-refractivity contribution is 5.68. The molecule has 2 rings (SSSR count). The number of piperidine rings is 1. The van der Waals surface area contributed by atoms with E-state index >= 15 is 0 Å². The lowest BCUT2D eigenvalue weighted by Crippen LogP contribution is -2.60. The molecule has 1 amide bonds. The molecule has 0 atom stereocenters. The molecule has 2 fully saturated rings. The molecule has 0 aromatic heterocycles. The van der Waals surface area contributed by atoms with Crippen LogP contribution in [0.4, 0.5) is 4.79 Å². The molecule has 0 aromatic rings. The maximum Gasteiger partial charge on any atom is 0.410 e. The van der Waals surface area contributed by atoms with Crippen molar-refractivity contribution in [2.45, 2.75) is 44.8 Å². The zero-order valence-electron chi connectivity index (χ0n) is 14.3. The number of rotatable bonds is 1. The molecule has 2 aliphatic rings. The molecule has 0 N–H and O–H groups in total. The summed E-state index contributed by atoms with van der Waals surface area (Å²) in [5.41, 5.74) is -0.891. The van der Waals surface area contributed by atoms with Crippen molar-refractivity contribution in [3.05, 3.63) is 0 Å². The van der Waals surface area contributed by atoms with Crippen molar-refractivity contribution < 1.29 is 9.53 Å². The number of carbonyl (C=O) groups excluding carboxylic acids is 1. The lowest BCUT2D eigenvalue weighted by Gasteiger charge is -2.47. The third-order valence-electron chi connectivity index (χ3n) is 4.56. The molecule has 6 nitrogen and oxygen atoms in total. The van der Waals surface area contributed by atoms with E-state index in [9.17, 15) is 10.1 Å². The van der Waals surface area contributed by atoms with E-state index in [1.807, 2.05) is 20.8 Å². The van der Waals surface area contributed by atoms with E-state index in [0.29, 0.717) is 25.9 Å². The van der Waals surface area contributed by atoms with Crippen LogP contribution in [0.3, 0.4) is 0 Å². The average Bonchev–Trinajstić information content (AvgIpc) is 2.46. The van der Waals surface area contributed by atoms with Gasteiger partial charge in [-0.2, -0.15) is 5.26 Å². The van der Waals surface area contributed by atoms with Crippen molar-refractivity contribution in [1.29, 1.82) is 5.26 Å². The van der Waals surface area contributed by atoms with Gasteiger partial charge in [-0.3, -0.25) is 4.90 Å². The Morgan fingerprint density at radius 2 is 1.64 bits per heavy atom. The first-order chi connectivity index (χ1) is 10.3. The minimum Gasteiger partial charge on any atom is -0.444 e. The van der Waals surface area contributed by atoms with Gasteiger partial charge in [-0.05, 0) is 40.7 Å². The number of hydrogen-bond acceptors (Lipinski definition) is 5. The van der Waals surface area contributed by atoms with Gasteiger partial charge >= 0.3 is 6.09 Å². The zero-order valence-corrected chi connectivity index (χ0v) is 14.3. The Hall–Kier alpha value is -1.32. The van der Waals surface area contributed by atoms with Crippen LogP contribution in [0.25, 0.3) is 0 Å². The van der Waals surface area contributed by atoms with Gasteiger partial charge in [0, 0.05) is 39.3 Å². The lowest BCUT2D eigenvalue weighted by molar-refractivity contribution is -0.00165. The van der Waals surface area contributed by atoms with Crippen molar-refractivity contribution in [1.82, 2.24) is 14.7 Å². The Labute approximate surface area is 133 Å². The topological polar surface area (TPSA) is 59.8 Å². The number of likely N-dealkylation sites (N-methyl/N-ethyl adjacent to an activating group) is 1. The number of likely N-dealkylation sites (tertiary alicyclic amines) is 1. The fraction of sp³-hybridized carbons (Fsp3) is 0.875. The van der Waals surface area contributed by atoms with Crippen LogP contribution in [0.1, 0.15) is 33.6 Å². The van der Waals surface area contributed by atoms with E-state index in [2.05, 4.69) is 22.9 Å². The standard InChI is InChI=1S/C16H28N4O2/c1-15(2,3)22-14(21)19-7-5-16(13-17,6-8-19)20-11-9-18(4)10-12-20/h5-12H2,1-4H3. The number of nitrogens with zero attached hydrogens (tertiary/aromatic N) is 4. The van der Waals surface area contributed by atoms with Crippen molar-refractivity contribution >= 4 is 6.09 Å². The van der Waals surface area contributed by atoms with Gasteiger partial charge in [-0.25, -0.2) is 4.79 Å². The van der Waals surface area contributed by atoms with Gasteiger partial charge in [0.05, 0.1) is 6.07 Å². The quantitative estimate of drug-likeness (QED) is 0.735. The van der Waals surface area contributed by atoms with Crippen molar-refractivity contribution in [3.63, 3.8) is 0 Å². The van der Waals surface area contributed by atoms with Gasteiger partial charge in [0.15, 0.2) is 0 Å². The van der Waals surface area contributed by atoms with Gasteiger partial charge in [-0.1, -0.05) is 0 Å². The van der Waals surface area contributed by atoms with Crippen molar-refractivity contribution in [3.8, 4) is 6.07 Å². The number of amides is 1. The fourth-order valence-electron chi connectivity index (χ4n) is 3.12. The summed E-state index contributed by atoms with van der Waals surface area (Å²) in [6.45, 7) is 10.7. The second kappa shape index (κ2) is 6.43. The molecule has 0 spiro atoms. The summed E-state index contributed by atoms with van der Waals surface area (Å²) >= 11 is 0. The van der Waals surface area contributed by atoms with Crippen LogP contribution in [0.2, 0.25) is 0 Å². The second-order valence-corrected chi connectivity index (χ2v) is 7.40. The van der Waals surface area contributed by atoms with Crippen molar-refractivity contribution in [2.24, 2.45) is 0 Å².